The number of hydrogen-bond acceptors (Lipinski definition) is 16. The third kappa shape index (κ3) is 42.3. The van der Waals surface area contributed by atoms with Gasteiger partial charge in [0.25, 0.3) is 0 Å². The van der Waals surface area contributed by atoms with Crippen LogP contribution in [0.5, 0.6) is 57.5 Å². The first-order chi connectivity index (χ1) is 63.4. The van der Waals surface area contributed by atoms with Crippen molar-refractivity contribution in [2.24, 2.45) is 0 Å². The van der Waals surface area contributed by atoms with Gasteiger partial charge in [-0.15, -0.1) is 0 Å². The van der Waals surface area contributed by atoms with Crippen molar-refractivity contribution in [3.05, 3.63) is 128 Å². The number of nitrogens with zero attached hydrogens (tertiary/aromatic N) is 6. The molecular formula is C113H158N6O10. The van der Waals surface area contributed by atoms with Crippen LogP contribution >= 0.6 is 0 Å². The number of unbranched alkanes of at least 4 members (excludes halogenated alkanes) is 45. The molecule has 0 unspecified atom stereocenters. The second-order valence-electron chi connectivity index (χ2n) is 34.2. The van der Waals surface area contributed by atoms with Crippen molar-refractivity contribution >= 4 is 58.7 Å². The minimum absolute atomic E-state index is 0.203. The first-order valence-electron chi connectivity index (χ1n) is 49.8. The lowest BCUT2D eigenvalue weighted by atomic mass is 9.94. The van der Waals surface area contributed by atoms with Crippen LogP contribution in [0.25, 0.3) is 58.7 Å². The molecule has 0 amide bonds. The Morgan fingerprint density at radius 1 is 0.209 bits per heavy atom. The summed E-state index contributed by atoms with van der Waals surface area (Å²) in [6, 6.07) is 32.3. The van der Waals surface area contributed by atoms with Crippen LogP contribution in [0.3, 0.4) is 0 Å². The molecule has 5 aromatic rings. The van der Waals surface area contributed by atoms with Gasteiger partial charge in [-0.05, 0) is 129 Å². The average molecular weight is 1760 g/mol. The van der Waals surface area contributed by atoms with Gasteiger partial charge in [-0.25, -0.2) is 0 Å². The maximum Gasteiger partial charge on any atom is 0.128 e. The van der Waals surface area contributed by atoms with Gasteiger partial charge in [0.2, 0.25) is 0 Å². The summed E-state index contributed by atoms with van der Waals surface area (Å²) in [6.45, 7) is 13.2. The molecule has 0 fully saturated rings. The number of benzene rings is 5. The Balaban J connectivity index is 1.69. The van der Waals surface area contributed by atoms with Crippen LogP contribution in [0, 0.1) is 68.0 Å². The summed E-state index contributed by atoms with van der Waals surface area (Å²) in [7, 11) is 7.80. The SMILES string of the molecule is CCCCCCCCCCCCOc1cc(/C=C(\C#N)c2cc(OCCCCCCCCCCCC)c(/C(C#N)=C/c3cc(OCCCCCCCCCCCC)c(/C=C/C#N)cc3OC)cc2OC)c(OC)cc1/C=C(\C#N)c1cc(OCCCCCCCCCCCC)c(/C(C#N)=C/c2cc(OCCCCCCCCCCCC)c(/C=C/C#N)cc2OC)cc1OC. The molecule has 0 N–H and O–H groups in total. The van der Waals surface area contributed by atoms with Gasteiger partial charge in [0.1, 0.15) is 57.5 Å². The molecule has 0 bridgehead atoms. The fraction of sp³-hybridized carbons (Fsp3) is 0.575. The van der Waals surface area contributed by atoms with Crippen LogP contribution in [0.2, 0.25) is 0 Å². The third-order valence-electron chi connectivity index (χ3n) is 24.0. The smallest absolute Gasteiger partial charge is 0.128 e. The molecule has 5 aromatic carbocycles. The van der Waals surface area contributed by atoms with Crippen molar-refractivity contribution in [1.82, 2.24) is 0 Å². The second-order valence-corrected chi connectivity index (χ2v) is 34.2. The van der Waals surface area contributed by atoms with Gasteiger partial charge in [-0.2, -0.15) is 31.6 Å². The number of allylic oxidation sites excluding steroid dienone is 6. The fourth-order valence-electron chi connectivity index (χ4n) is 16.3. The number of hydrogen-bond donors (Lipinski definition) is 0. The molecule has 0 aliphatic carbocycles. The van der Waals surface area contributed by atoms with Crippen molar-refractivity contribution < 1.29 is 47.4 Å². The van der Waals surface area contributed by atoms with E-state index in [2.05, 4.69) is 71.0 Å². The van der Waals surface area contributed by atoms with E-state index >= 15 is 0 Å². The molecule has 16 heteroatoms. The van der Waals surface area contributed by atoms with Crippen molar-refractivity contribution in [1.29, 1.82) is 31.6 Å². The normalized spacial score (nSPS) is 11.7. The zero-order valence-electron chi connectivity index (χ0n) is 81.0. The van der Waals surface area contributed by atoms with E-state index in [1.54, 1.807) is 89.2 Å². The molecule has 0 saturated heterocycles. The molecular weight excluding hydrogens is 1600 g/mol. The highest BCUT2D eigenvalue weighted by Gasteiger charge is 2.25. The highest BCUT2D eigenvalue weighted by atomic mass is 16.5. The summed E-state index contributed by atoms with van der Waals surface area (Å²) in [5, 5.41) is 65.2. The first-order valence-corrected chi connectivity index (χ1v) is 49.8. The van der Waals surface area contributed by atoms with E-state index in [1.807, 2.05) is 36.4 Å². The van der Waals surface area contributed by atoms with E-state index in [9.17, 15) is 31.6 Å². The second kappa shape index (κ2) is 70.4. The molecule has 5 rings (SSSR count). The predicted octanol–water partition coefficient (Wildman–Crippen LogP) is 32.6. The average Bonchev–Trinajstić information content (AvgIpc) is 0.786. The first kappa shape index (κ1) is 109. The molecule has 129 heavy (non-hydrogen) atoms. The zero-order valence-corrected chi connectivity index (χ0v) is 81.0. The van der Waals surface area contributed by atoms with Crippen LogP contribution in [0.15, 0.2) is 72.8 Å². The Hall–Kier alpha value is -10.5. The lowest BCUT2D eigenvalue weighted by molar-refractivity contribution is 0.302. The van der Waals surface area contributed by atoms with E-state index in [0.717, 1.165) is 116 Å². The van der Waals surface area contributed by atoms with E-state index in [4.69, 9.17) is 47.4 Å². The molecule has 700 valence electrons. The molecule has 0 saturated carbocycles. The maximum atomic E-state index is 11.6. The van der Waals surface area contributed by atoms with Crippen LogP contribution < -0.4 is 47.4 Å². The molecule has 0 aromatic heterocycles. The van der Waals surface area contributed by atoms with Gasteiger partial charge < -0.3 is 47.4 Å². The van der Waals surface area contributed by atoms with Gasteiger partial charge in [0, 0.05) is 67.8 Å². The molecule has 0 radical (unpaired) electrons. The van der Waals surface area contributed by atoms with Crippen molar-refractivity contribution in [3.8, 4) is 93.9 Å². The van der Waals surface area contributed by atoms with Crippen molar-refractivity contribution in [3.63, 3.8) is 0 Å². The fourth-order valence-corrected chi connectivity index (χ4v) is 16.3. The number of methoxy groups -OCH3 is 5. The zero-order chi connectivity index (χ0) is 92.8. The molecule has 0 atom stereocenters. The maximum absolute atomic E-state index is 11.6. The summed E-state index contributed by atoms with van der Waals surface area (Å²) < 4.78 is 64.4. The lowest BCUT2D eigenvalue weighted by Crippen LogP contribution is -2.04. The minimum atomic E-state index is 0.203. The summed E-state index contributed by atoms with van der Waals surface area (Å²) in [6.07, 6.45) is 71.2. The summed E-state index contributed by atoms with van der Waals surface area (Å²) in [5.74, 6) is 4.21. The Bertz CT molecular complexity index is 4480. The molecule has 0 aliphatic heterocycles. The Morgan fingerprint density at radius 2 is 0.380 bits per heavy atom. The van der Waals surface area contributed by atoms with Gasteiger partial charge in [0.15, 0.2) is 0 Å². The van der Waals surface area contributed by atoms with E-state index in [1.165, 1.54) is 225 Å². The van der Waals surface area contributed by atoms with Crippen LogP contribution in [-0.2, 0) is 0 Å². The highest BCUT2D eigenvalue weighted by Crippen LogP contribution is 2.45. The van der Waals surface area contributed by atoms with Crippen LogP contribution in [0.4, 0.5) is 0 Å². The quantitative estimate of drug-likeness (QED) is 0.0200. The van der Waals surface area contributed by atoms with E-state index in [-0.39, 0.29) is 22.3 Å². The Kier molecular flexibility index (Phi) is 59.5. The van der Waals surface area contributed by atoms with E-state index in [0.29, 0.717) is 146 Å². The molecule has 16 nitrogen and oxygen atoms in total. The van der Waals surface area contributed by atoms with Crippen LogP contribution in [-0.4, -0.2) is 68.6 Å². The molecule has 0 spiro atoms. The van der Waals surface area contributed by atoms with Gasteiger partial charge in [-0.1, -0.05) is 324 Å². The summed E-state index contributed by atoms with van der Waals surface area (Å²) in [4.78, 5) is 0. The molecule has 0 aliphatic rings. The van der Waals surface area contributed by atoms with Crippen molar-refractivity contribution in [2.45, 2.75) is 356 Å². The monoisotopic (exact) mass is 1760 g/mol. The van der Waals surface area contributed by atoms with Crippen molar-refractivity contribution in [2.75, 3.05) is 68.6 Å². The standard InChI is InChI=1S/C113H158N6O10/c1-11-16-21-26-31-36-41-46-51-56-67-125-107-79-92(104(120-6)76-90(107)63-61-65-114)73-98(88-118)102-82-110(123-9)100(84-112(102)128-70-59-54-49-44-39-34-29-24-19-14-4)96(86-116)72-94-81-109(127-69-58-53-48-43-38-33-28-23-18-13-3)95(78-106(94)122-8)75-97(87-117)101-85-113(129-71-60-55-50-45-40-35-30-25-20-15-5)103(83-111(101)124-10)99(89-119)74-93-80-108(91(64-62-66-115)77-105(93)121-7)126-68-57-52-47-42-37-32-27-22-17-12-2/h61-64,72-85H,11-60,67-71H2,1-10H3/b63-61+,64-62+,96-72+,97-75+,98-73+,99-74+. The summed E-state index contributed by atoms with van der Waals surface area (Å²) in [5.41, 5.74) is 6.13. The highest BCUT2D eigenvalue weighted by molar-refractivity contribution is 6.00. The van der Waals surface area contributed by atoms with Gasteiger partial charge in [0.05, 0.1) is 127 Å². The van der Waals surface area contributed by atoms with Gasteiger partial charge in [-0.3, -0.25) is 0 Å². The molecule has 0 heterocycles. The number of nitriles is 6. The Labute approximate surface area is 779 Å². The lowest BCUT2D eigenvalue weighted by Gasteiger charge is -2.18. The van der Waals surface area contributed by atoms with Crippen LogP contribution in [0.1, 0.15) is 411 Å². The topological polar surface area (TPSA) is 235 Å². The third-order valence-corrected chi connectivity index (χ3v) is 24.0. The minimum Gasteiger partial charge on any atom is -0.496 e. The van der Waals surface area contributed by atoms with E-state index < -0.39 is 0 Å². The Morgan fingerprint density at radius 3 is 0.589 bits per heavy atom. The number of ether oxygens (including phenoxy) is 10. The largest absolute Gasteiger partial charge is 0.496 e. The van der Waals surface area contributed by atoms with Gasteiger partial charge >= 0.3 is 0 Å². The predicted molar refractivity (Wildman–Crippen MR) is 535 cm³/mol. The number of rotatable bonds is 75. The summed E-state index contributed by atoms with van der Waals surface area (Å²) >= 11 is 0.